The third-order valence-corrected chi connectivity index (χ3v) is 6.02. The predicted octanol–water partition coefficient (Wildman–Crippen LogP) is 4.63. The molecule has 2 aromatic heterocycles. The van der Waals surface area contributed by atoms with Crippen molar-refractivity contribution in [3.8, 4) is 0 Å². The van der Waals surface area contributed by atoms with Crippen molar-refractivity contribution >= 4 is 45.0 Å². The highest BCUT2D eigenvalue weighted by molar-refractivity contribution is 7.22. The largest absolute Gasteiger partial charge is 0.308 e. The maximum Gasteiger partial charge on any atom is 0.280 e. The number of thiazole rings is 1. The first-order chi connectivity index (χ1) is 13.2. The topological polar surface area (TPSA) is 54.3 Å². The Labute approximate surface area is 182 Å². The van der Waals surface area contributed by atoms with E-state index in [1.54, 1.807) is 16.2 Å². The van der Waals surface area contributed by atoms with Crippen LogP contribution in [0.15, 0.2) is 18.2 Å². The molecule has 0 saturated carbocycles. The number of anilines is 1. The minimum atomic E-state index is -0.0984. The van der Waals surface area contributed by atoms with E-state index in [0.717, 1.165) is 33.2 Å². The van der Waals surface area contributed by atoms with Gasteiger partial charge in [-0.3, -0.25) is 14.4 Å². The fourth-order valence-corrected chi connectivity index (χ4v) is 4.34. The van der Waals surface area contributed by atoms with Crippen LogP contribution in [0.1, 0.15) is 47.2 Å². The van der Waals surface area contributed by atoms with Gasteiger partial charge in [-0.25, -0.2) is 4.98 Å². The monoisotopic (exact) mass is 435 g/mol. The molecule has 0 bridgehead atoms. The van der Waals surface area contributed by atoms with E-state index in [4.69, 9.17) is 4.98 Å². The summed E-state index contributed by atoms with van der Waals surface area (Å²) < 4.78 is 3.03. The first kappa shape index (κ1) is 23.3. The van der Waals surface area contributed by atoms with Crippen molar-refractivity contribution in [3.05, 3.63) is 40.7 Å². The number of carbonyl (C=O) groups is 1. The minimum Gasteiger partial charge on any atom is -0.308 e. The van der Waals surface area contributed by atoms with Gasteiger partial charge in [0, 0.05) is 24.8 Å². The van der Waals surface area contributed by atoms with Crippen molar-refractivity contribution in [3.63, 3.8) is 0 Å². The van der Waals surface area contributed by atoms with Gasteiger partial charge in [0.15, 0.2) is 10.8 Å². The summed E-state index contributed by atoms with van der Waals surface area (Å²) in [6.07, 6.45) is 0. The molecule has 3 aromatic rings. The van der Waals surface area contributed by atoms with E-state index in [1.165, 1.54) is 5.56 Å². The van der Waals surface area contributed by atoms with Gasteiger partial charge in [0.2, 0.25) is 0 Å². The van der Waals surface area contributed by atoms with Crippen molar-refractivity contribution in [2.24, 2.45) is 0 Å². The molecule has 2 heterocycles. The Balaban J connectivity index is 0.00000300. The molecule has 0 aliphatic rings. The summed E-state index contributed by atoms with van der Waals surface area (Å²) in [5.41, 5.74) is 4.75. The summed E-state index contributed by atoms with van der Waals surface area (Å²) in [6, 6.07) is 6.28. The average molecular weight is 436 g/mol. The summed E-state index contributed by atoms with van der Waals surface area (Å²) in [7, 11) is 4.01. The van der Waals surface area contributed by atoms with E-state index in [2.05, 4.69) is 49.8 Å². The summed E-state index contributed by atoms with van der Waals surface area (Å²) >= 11 is 1.58. The first-order valence-electron chi connectivity index (χ1n) is 9.58. The number of carbonyl (C=O) groups excluding carboxylic acids is 1. The predicted molar refractivity (Wildman–Crippen MR) is 124 cm³/mol. The number of rotatable bonds is 6. The average Bonchev–Trinajstić information content (AvgIpc) is 3.23. The Morgan fingerprint density at radius 2 is 1.79 bits per heavy atom. The highest BCUT2D eigenvalue weighted by atomic mass is 35.5. The quantitative estimate of drug-likeness (QED) is 0.566. The Hall–Kier alpha value is -1.96. The number of likely N-dealkylation sites (N-methyl/N-ethyl adjacent to an activating group) is 1. The molecule has 6 nitrogen and oxygen atoms in total. The maximum absolute atomic E-state index is 13.4. The standard InChI is InChI=1S/C21H29N5OS.ClH/c1-13(2)26-16(5)12-17(23-26)20(27)25(11-10-24(6)7)21-22-18-14(3)8-9-15(4)19(18)28-21;/h8-9,12-13H,10-11H2,1-7H3;1H. The molecule has 0 unspecified atom stereocenters. The molecule has 8 heteroatoms. The lowest BCUT2D eigenvalue weighted by molar-refractivity contribution is 0.0979. The summed E-state index contributed by atoms with van der Waals surface area (Å²) in [4.78, 5) is 22.1. The second kappa shape index (κ2) is 9.24. The second-order valence-electron chi connectivity index (χ2n) is 7.84. The van der Waals surface area contributed by atoms with Crippen LogP contribution in [-0.4, -0.2) is 52.8 Å². The van der Waals surface area contributed by atoms with Gasteiger partial charge >= 0.3 is 0 Å². The van der Waals surface area contributed by atoms with Gasteiger partial charge < -0.3 is 4.90 Å². The number of halogens is 1. The Bertz CT molecular complexity index is 969. The summed E-state index contributed by atoms with van der Waals surface area (Å²) in [5.74, 6) is -0.0984. The molecule has 0 atom stereocenters. The van der Waals surface area contributed by atoms with Crippen LogP contribution in [0.5, 0.6) is 0 Å². The molecule has 0 radical (unpaired) electrons. The van der Waals surface area contributed by atoms with Crippen LogP contribution in [0.25, 0.3) is 10.2 Å². The molecular formula is C21H30ClN5OS. The SMILES string of the molecule is Cc1ccc(C)c2sc(N(CCN(C)C)C(=O)c3cc(C)n(C(C)C)n3)nc12.Cl. The van der Waals surface area contributed by atoms with Crippen LogP contribution >= 0.6 is 23.7 Å². The van der Waals surface area contributed by atoms with Crippen molar-refractivity contribution < 1.29 is 4.79 Å². The molecule has 0 spiro atoms. The summed E-state index contributed by atoms with van der Waals surface area (Å²) in [5, 5.41) is 5.29. The number of nitrogens with zero attached hydrogens (tertiary/aromatic N) is 5. The Kier molecular flexibility index (Phi) is 7.43. The molecular weight excluding hydrogens is 406 g/mol. The van der Waals surface area contributed by atoms with Gasteiger partial charge in [-0.15, -0.1) is 12.4 Å². The molecule has 1 amide bonds. The van der Waals surface area contributed by atoms with E-state index >= 15 is 0 Å². The van der Waals surface area contributed by atoms with Gasteiger partial charge in [-0.05, 0) is 65.9 Å². The van der Waals surface area contributed by atoms with E-state index in [1.807, 2.05) is 31.8 Å². The number of fused-ring (bicyclic) bond motifs is 1. The van der Waals surface area contributed by atoms with Gasteiger partial charge in [0.1, 0.15) is 0 Å². The number of aryl methyl sites for hydroxylation is 3. The Morgan fingerprint density at radius 1 is 1.14 bits per heavy atom. The Morgan fingerprint density at radius 3 is 2.34 bits per heavy atom. The molecule has 0 fully saturated rings. The maximum atomic E-state index is 13.4. The van der Waals surface area contributed by atoms with Gasteiger partial charge in [-0.1, -0.05) is 23.5 Å². The number of hydrogen-bond acceptors (Lipinski definition) is 5. The fourth-order valence-electron chi connectivity index (χ4n) is 3.20. The van der Waals surface area contributed by atoms with Crippen LogP contribution in [-0.2, 0) is 0 Å². The van der Waals surface area contributed by atoms with Crippen LogP contribution in [0.3, 0.4) is 0 Å². The normalized spacial score (nSPS) is 11.3. The van der Waals surface area contributed by atoms with Crippen molar-refractivity contribution in [2.45, 2.75) is 40.7 Å². The van der Waals surface area contributed by atoms with Gasteiger partial charge in [0.05, 0.1) is 10.2 Å². The van der Waals surface area contributed by atoms with Crippen LogP contribution in [0, 0.1) is 20.8 Å². The lowest BCUT2D eigenvalue weighted by Gasteiger charge is -2.21. The third-order valence-electron chi connectivity index (χ3n) is 4.81. The zero-order valence-electron chi connectivity index (χ0n) is 18.2. The number of aromatic nitrogens is 3. The van der Waals surface area contributed by atoms with Crippen LogP contribution in [0.4, 0.5) is 5.13 Å². The highest BCUT2D eigenvalue weighted by Crippen LogP contribution is 2.33. The molecule has 0 aliphatic carbocycles. The third kappa shape index (κ3) is 4.79. The van der Waals surface area contributed by atoms with Crippen molar-refractivity contribution in [1.29, 1.82) is 0 Å². The van der Waals surface area contributed by atoms with Gasteiger partial charge in [-0.2, -0.15) is 5.10 Å². The molecule has 0 N–H and O–H groups in total. The molecule has 158 valence electrons. The number of benzene rings is 1. The van der Waals surface area contributed by atoms with E-state index in [-0.39, 0.29) is 24.4 Å². The van der Waals surface area contributed by atoms with E-state index < -0.39 is 0 Å². The smallest absolute Gasteiger partial charge is 0.280 e. The summed E-state index contributed by atoms with van der Waals surface area (Å²) in [6.45, 7) is 11.6. The lowest BCUT2D eigenvalue weighted by atomic mass is 10.1. The zero-order valence-corrected chi connectivity index (χ0v) is 19.8. The molecule has 1 aromatic carbocycles. The van der Waals surface area contributed by atoms with Crippen LogP contribution < -0.4 is 4.90 Å². The van der Waals surface area contributed by atoms with Crippen molar-refractivity contribution in [2.75, 3.05) is 32.1 Å². The van der Waals surface area contributed by atoms with Gasteiger partial charge in [0.25, 0.3) is 5.91 Å². The second-order valence-corrected chi connectivity index (χ2v) is 8.82. The highest BCUT2D eigenvalue weighted by Gasteiger charge is 2.25. The zero-order chi connectivity index (χ0) is 20.6. The first-order valence-corrected chi connectivity index (χ1v) is 10.4. The molecule has 3 rings (SSSR count). The number of hydrogen-bond donors (Lipinski definition) is 0. The van der Waals surface area contributed by atoms with Crippen LogP contribution in [0.2, 0.25) is 0 Å². The fraction of sp³-hybridized carbons (Fsp3) is 0.476. The van der Waals surface area contributed by atoms with E-state index in [9.17, 15) is 4.79 Å². The minimum absolute atomic E-state index is 0. The molecule has 0 aliphatic heterocycles. The molecule has 0 saturated heterocycles. The van der Waals surface area contributed by atoms with E-state index in [0.29, 0.717) is 12.2 Å². The number of amides is 1. The van der Waals surface area contributed by atoms with Crippen molar-refractivity contribution in [1.82, 2.24) is 19.7 Å². The molecule has 29 heavy (non-hydrogen) atoms. The lowest BCUT2D eigenvalue weighted by Crippen LogP contribution is -2.37.